The van der Waals surface area contributed by atoms with E-state index in [9.17, 15) is 5.26 Å². The fourth-order valence-corrected chi connectivity index (χ4v) is 3.70. The van der Waals surface area contributed by atoms with E-state index >= 15 is 0 Å². The molecule has 1 unspecified atom stereocenters. The predicted molar refractivity (Wildman–Crippen MR) is 126 cm³/mol. The zero-order chi connectivity index (χ0) is 23.4. The molecule has 0 radical (unpaired) electrons. The molecule has 1 atom stereocenters. The molecule has 3 aromatic heterocycles. The second-order valence-electron chi connectivity index (χ2n) is 7.71. The van der Waals surface area contributed by atoms with Gasteiger partial charge in [0.2, 0.25) is 5.88 Å². The van der Waals surface area contributed by atoms with Crippen molar-refractivity contribution in [2.45, 2.75) is 33.2 Å². The normalized spacial score (nSPS) is 11.6. The number of methoxy groups -OCH3 is 1. The van der Waals surface area contributed by atoms with Crippen LogP contribution in [-0.2, 0) is 0 Å². The quantitative estimate of drug-likeness (QED) is 0.442. The van der Waals surface area contributed by atoms with Gasteiger partial charge in [0, 0.05) is 6.20 Å². The summed E-state index contributed by atoms with van der Waals surface area (Å²) in [5, 5.41) is 21.7. The Labute approximate surface area is 192 Å². The lowest BCUT2D eigenvalue weighted by Crippen LogP contribution is -2.14. The first-order chi connectivity index (χ1) is 16.0. The zero-order valence-corrected chi connectivity index (χ0v) is 19.1. The number of nitrogens with zero attached hydrogens (tertiary/aromatic N) is 6. The van der Waals surface area contributed by atoms with Crippen molar-refractivity contribution in [2.24, 2.45) is 0 Å². The van der Waals surface area contributed by atoms with Crippen LogP contribution in [0.1, 0.15) is 41.8 Å². The van der Waals surface area contributed by atoms with Crippen LogP contribution in [0.15, 0.2) is 55.0 Å². The van der Waals surface area contributed by atoms with Crippen molar-refractivity contribution >= 4 is 5.82 Å². The first-order valence-electron chi connectivity index (χ1n) is 10.7. The van der Waals surface area contributed by atoms with Gasteiger partial charge in [-0.3, -0.25) is 0 Å². The van der Waals surface area contributed by atoms with Gasteiger partial charge in [-0.2, -0.15) is 5.26 Å². The highest BCUT2D eigenvalue weighted by Crippen LogP contribution is 2.29. The summed E-state index contributed by atoms with van der Waals surface area (Å²) in [4.78, 5) is 8.90. The number of pyridine rings is 1. The molecule has 4 rings (SSSR count). The summed E-state index contributed by atoms with van der Waals surface area (Å²) in [7, 11) is 1.59. The van der Waals surface area contributed by atoms with Crippen LogP contribution >= 0.6 is 0 Å². The van der Waals surface area contributed by atoms with E-state index in [1.807, 2.05) is 67.1 Å². The third kappa shape index (κ3) is 4.53. The molecular formula is C25H25N7O. The Kier molecular flexibility index (Phi) is 6.31. The van der Waals surface area contributed by atoms with Gasteiger partial charge in [-0.1, -0.05) is 25.1 Å². The standard InChI is InChI=1S/C25H25N7O/c1-5-20(19-9-7-6-8-18(19)13-26)28-24-16(2)12-22(30-31-24)21-10-11-23(25(29-21)33-4)32-14-17(3)27-15-32/h6-12,14-15,20H,5H2,1-4H3,(H,28,31). The maximum Gasteiger partial charge on any atom is 0.238 e. The molecule has 0 aliphatic carbocycles. The SMILES string of the molecule is CCC(Nc1nnc(-c2ccc(-n3cnc(C)c3)c(OC)n2)cc1C)c1ccccc1C#N. The van der Waals surface area contributed by atoms with Crippen molar-refractivity contribution in [3.8, 4) is 29.0 Å². The van der Waals surface area contributed by atoms with Gasteiger partial charge in [0.15, 0.2) is 5.82 Å². The number of hydrogen-bond donors (Lipinski definition) is 1. The zero-order valence-electron chi connectivity index (χ0n) is 19.1. The van der Waals surface area contributed by atoms with Crippen molar-refractivity contribution in [1.82, 2.24) is 24.7 Å². The number of rotatable bonds is 7. The van der Waals surface area contributed by atoms with Gasteiger partial charge in [-0.25, -0.2) is 9.97 Å². The predicted octanol–water partition coefficient (Wildman–Crippen LogP) is 4.78. The number of aryl methyl sites for hydroxylation is 2. The van der Waals surface area contributed by atoms with Crippen LogP contribution in [0.2, 0.25) is 0 Å². The van der Waals surface area contributed by atoms with Crippen molar-refractivity contribution in [1.29, 1.82) is 5.26 Å². The number of anilines is 1. The van der Waals surface area contributed by atoms with Gasteiger partial charge in [-0.05, 0) is 55.7 Å². The lowest BCUT2D eigenvalue weighted by atomic mass is 9.99. The molecule has 3 heterocycles. The average Bonchev–Trinajstić information content (AvgIpc) is 3.28. The molecule has 166 valence electrons. The van der Waals surface area contributed by atoms with E-state index < -0.39 is 0 Å². The minimum Gasteiger partial charge on any atom is -0.479 e. The van der Waals surface area contributed by atoms with Crippen molar-refractivity contribution in [3.05, 3.63) is 77.4 Å². The number of nitrogens with one attached hydrogen (secondary N) is 1. The maximum atomic E-state index is 9.45. The molecule has 0 saturated heterocycles. The lowest BCUT2D eigenvalue weighted by molar-refractivity contribution is 0.396. The molecular weight excluding hydrogens is 414 g/mol. The molecule has 0 amide bonds. The molecule has 1 aromatic carbocycles. The van der Waals surface area contributed by atoms with Gasteiger partial charge in [-0.15, -0.1) is 10.2 Å². The highest BCUT2D eigenvalue weighted by molar-refractivity contribution is 5.61. The number of benzene rings is 1. The Balaban J connectivity index is 1.62. The summed E-state index contributed by atoms with van der Waals surface area (Å²) >= 11 is 0. The summed E-state index contributed by atoms with van der Waals surface area (Å²) in [6.07, 6.45) is 4.45. The number of nitriles is 1. The summed E-state index contributed by atoms with van der Waals surface area (Å²) in [6, 6.07) is 15.6. The van der Waals surface area contributed by atoms with Crippen LogP contribution in [0.5, 0.6) is 5.88 Å². The second kappa shape index (κ2) is 9.49. The minimum absolute atomic E-state index is 0.0455. The monoisotopic (exact) mass is 439 g/mol. The highest BCUT2D eigenvalue weighted by Gasteiger charge is 2.17. The summed E-state index contributed by atoms with van der Waals surface area (Å²) in [5.41, 5.74) is 5.56. The highest BCUT2D eigenvalue weighted by atomic mass is 16.5. The number of ether oxygens (including phenoxy) is 1. The Bertz CT molecular complexity index is 1320. The summed E-state index contributed by atoms with van der Waals surface area (Å²) < 4.78 is 7.39. The van der Waals surface area contributed by atoms with Crippen molar-refractivity contribution in [2.75, 3.05) is 12.4 Å². The first-order valence-corrected chi connectivity index (χ1v) is 10.7. The van der Waals surface area contributed by atoms with E-state index in [1.54, 1.807) is 13.4 Å². The molecule has 0 bridgehead atoms. The van der Waals surface area contributed by atoms with E-state index in [4.69, 9.17) is 4.74 Å². The van der Waals surface area contributed by atoms with Crippen LogP contribution in [-0.4, -0.2) is 31.8 Å². The fraction of sp³-hybridized carbons (Fsp3) is 0.240. The first kappa shape index (κ1) is 22.0. The van der Waals surface area contributed by atoms with E-state index in [0.717, 1.165) is 28.9 Å². The Morgan fingerprint density at radius 2 is 1.94 bits per heavy atom. The topological polar surface area (TPSA) is 102 Å². The molecule has 33 heavy (non-hydrogen) atoms. The van der Waals surface area contributed by atoms with Crippen LogP contribution in [0, 0.1) is 25.2 Å². The third-order valence-corrected chi connectivity index (χ3v) is 5.45. The van der Waals surface area contributed by atoms with Gasteiger partial charge in [0.25, 0.3) is 0 Å². The van der Waals surface area contributed by atoms with Crippen LogP contribution in [0.3, 0.4) is 0 Å². The second-order valence-corrected chi connectivity index (χ2v) is 7.71. The Morgan fingerprint density at radius 3 is 2.61 bits per heavy atom. The smallest absolute Gasteiger partial charge is 0.238 e. The Morgan fingerprint density at radius 1 is 1.12 bits per heavy atom. The number of imidazole rings is 1. The van der Waals surface area contributed by atoms with E-state index in [2.05, 4.69) is 38.5 Å². The van der Waals surface area contributed by atoms with Crippen LogP contribution in [0.4, 0.5) is 5.82 Å². The molecule has 0 spiro atoms. The molecule has 4 aromatic rings. The summed E-state index contributed by atoms with van der Waals surface area (Å²) in [6.45, 7) is 5.98. The molecule has 0 aliphatic heterocycles. The summed E-state index contributed by atoms with van der Waals surface area (Å²) in [5.74, 6) is 1.15. The van der Waals surface area contributed by atoms with Gasteiger partial charge >= 0.3 is 0 Å². The van der Waals surface area contributed by atoms with E-state index in [0.29, 0.717) is 28.6 Å². The minimum atomic E-state index is -0.0455. The third-order valence-electron chi connectivity index (χ3n) is 5.45. The van der Waals surface area contributed by atoms with Crippen molar-refractivity contribution < 1.29 is 4.74 Å². The van der Waals surface area contributed by atoms with Gasteiger partial charge < -0.3 is 14.6 Å². The van der Waals surface area contributed by atoms with Gasteiger partial charge in [0.1, 0.15) is 11.4 Å². The Hall–Kier alpha value is -4.25. The largest absolute Gasteiger partial charge is 0.479 e. The molecule has 8 nitrogen and oxygen atoms in total. The molecule has 0 aliphatic rings. The molecule has 0 saturated carbocycles. The molecule has 8 heteroatoms. The van der Waals surface area contributed by atoms with Gasteiger partial charge in [0.05, 0.1) is 42.5 Å². The average molecular weight is 440 g/mol. The molecule has 1 N–H and O–H groups in total. The van der Waals surface area contributed by atoms with E-state index in [1.165, 1.54) is 0 Å². The fourth-order valence-electron chi connectivity index (χ4n) is 3.70. The maximum absolute atomic E-state index is 9.45. The molecule has 0 fully saturated rings. The van der Waals surface area contributed by atoms with E-state index in [-0.39, 0.29) is 6.04 Å². The number of aromatic nitrogens is 5. The van der Waals surface area contributed by atoms with Crippen molar-refractivity contribution in [3.63, 3.8) is 0 Å². The van der Waals surface area contributed by atoms with Crippen LogP contribution in [0.25, 0.3) is 17.1 Å². The lowest BCUT2D eigenvalue weighted by Gasteiger charge is -2.20. The number of hydrogen-bond acceptors (Lipinski definition) is 7. The van der Waals surface area contributed by atoms with Crippen LogP contribution < -0.4 is 10.1 Å².